The van der Waals surface area contributed by atoms with Crippen LogP contribution >= 0.6 is 23.4 Å². The summed E-state index contributed by atoms with van der Waals surface area (Å²) in [5.41, 5.74) is 0.485. The Morgan fingerprint density at radius 2 is 2.25 bits per heavy atom. The maximum Gasteiger partial charge on any atom is 0.0292 e. The molecule has 1 aliphatic rings. The van der Waals surface area contributed by atoms with E-state index in [-0.39, 0.29) is 0 Å². The molecule has 72 valence electrons. The Kier molecular flexibility index (Phi) is 4.77. The van der Waals surface area contributed by atoms with Crippen molar-refractivity contribution in [1.29, 1.82) is 0 Å². The van der Waals surface area contributed by atoms with Crippen LogP contribution in [-0.2, 0) is 0 Å². The van der Waals surface area contributed by atoms with Gasteiger partial charge in [-0.2, -0.15) is 11.8 Å². The van der Waals surface area contributed by atoms with E-state index in [1.54, 1.807) is 0 Å². The number of halogens is 1. The van der Waals surface area contributed by atoms with E-state index in [2.05, 4.69) is 12.2 Å². The van der Waals surface area contributed by atoms with E-state index in [9.17, 15) is 0 Å². The number of rotatable bonds is 7. The topological polar surface area (TPSA) is 12.0 Å². The molecule has 0 aromatic carbocycles. The molecule has 1 fully saturated rings. The van der Waals surface area contributed by atoms with Crippen LogP contribution in [0.5, 0.6) is 0 Å². The summed E-state index contributed by atoms with van der Waals surface area (Å²) >= 11 is 7.84. The second kappa shape index (κ2) is 5.36. The van der Waals surface area contributed by atoms with E-state index >= 15 is 0 Å². The number of hydrogen-bond acceptors (Lipinski definition) is 2. The quantitative estimate of drug-likeness (QED) is 0.508. The van der Waals surface area contributed by atoms with Crippen molar-refractivity contribution < 1.29 is 0 Å². The first-order valence-electron chi connectivity index (χ1n) is 4.67. The third-order valence-electron chi connectivity index (χ3n) is 2.37. The zero-order valence-corrected chi connectivity index (χ0v) is 9.31. The van der Waals surface area contributed by atoms with Gasteiger partial charge < -0.3 is 5.32 Å². The lowest BCUT2D eigenvalue weighted by molar-refractivity contribution is 0.517. The number of alkyl halides is 1. The first kappa shape index (κ1) is 10.7. The number of hydrogen-bond donors (Lipinski definition) is 1. The molecule has 0 radical (unpaired) electrons. The van der Waals surface area contributed by atoms with Crippen molar-refractivity contribution >= 4 is 23.4 Å². The maximum absolute atomic E-state index is 5.85. The number of nitrogens with one attached hydrogen (secondary N) is 1. The fourth-order valence-corrected chi connectivity index (χ4v) is 2.12. The van der Waals surface area contributed by atoms with E-state index in [4.69, 9.17) is 11.6 Å². The summed E-state index contributed by atoms with van der Waals surface area (Å²) in [6.45, 7) is 4.46. The molecule has 3 heteroatoms. The summed E-state index contributed by atoms with van der Waals surface area (Å²) in [5.74, 6) is 3.29. The molecule has 0 amide bonds. The molecule has 1 aliphatic carbocycles. The molecular weight excluding hydrogens is 190 g/mol. The Labute approximate surface area is 84.6 Å². The average molecular weight is 208 g/mol. The van der Waals surface area contributed by atoms with Crippen LogP contribution in [0.25, 0.3) is 0 Å². The van der Waals surface area contributed by atoms with Gasteiger partial charge in [0.1, 0.15) is 0 Å². The Balaban J connectivity index is 1.89. The zero-order chi connectivity index (χ0) is 8.86. The summed E-state index contributed by atoms with van der Waals surface area (Å²) in [6.07, 6.45) is 2.65. The van der Waals surface area contributed by atoms with Crippen LogP contribution in [0.4, 0.5) is 0 Å². The lowest BCUT2D eigenvalue weighted by Gasteiger charge is -2.11. The predicted octanol–water partition coefficient (Wildman–Crippen LogP) is 2.35. The van der Waals surface area contributed by atoms with E-state index < -0.39 is 0 Å². The highest BCUT2D eigenvalue weighted by Gasteiger charge is 2.40. The molecule has 0 aromatic rings. The minimum atomic E-state index is 0.485. The van der Waals surface area contributed by atoms with Crippen molar-refractivity contribution in [2.45, 2.75) is 19.8 Å². The lowest BCUT2D eigenvalue weighted by Crippen LogP contribution is -2.27. The molecule has 1 rings (SSSR count). The van der Waals surface area contributed by atoms with Gasteiger partial charge in [-0.1, -0.05) is 6.92 Å². The Morgan fingerprint density at radius 1 is 1.50 bits per heavy atom. The van der Waals surface area contributed by atoms with E-state index in [0.717, 1.165) is 19.0 Å². The van der Waals surface area contributed by atoms with Gasteiger partial charge in [-0.05, 0) is 24.0 Å². The molecule has 0 saturated heterocycles. The first-order chi connectivity index (χ1) is 5.83. The van der Waals surface area contributed by atoms with Crippen LogP contribution < -0.4 is 5.32 Å². The zero-order valence-electron chi connectivity index (χ0n) is 7.74. The van der Waals surface area contributed by atoms with E-state index in [1.807, 2.05) is 11.8 Å². The van der Waals surface area contributed by atoms with Crippen molar-refractivity contribution in [3.05, 3.63) is 0 Å². The van der Waals surface area contributed by atoms with Gasteiger partial charge in [-0.15, -0.1) is 11.6 Å². The summed E-state index contributed by atoms with van der Waals surface area (Å²) < 4.78 is 0. The molecule has 0 aliphatic heterocycles. The van der Waals surface area contributed by atoms with Crippen LogP contribution in [-0.4, -0.2) is 30.5 Å². The Hall–Kier alpha value is 0.600. The molecule has 12 heavy (non-hydrogen) atoms. The van der Waals surface area contributed by atoms with Gasteiger partial charge in [0.25, 0.3) is 0 Å². The SMILES string of the molecule is CCSCCNCC1(CCl)CC1. The molecular formula is C9H18ClNS. The number of thioether (sulfide) groups is 1. The third kappa shape index (κ3) is 3.55. The molecule has 1 N–H and O–H groups in total. The normalized spacial score (nSPS) is 19.5. The summed E-state index contributed by atoms with van der Waals surface area (Å²) in [7, 11) is 0. The van der Waals surface area contributed by atoms with Crippen LogP contribution in [0.2, 0.25) is 0 Å². The monoisotopic (exact) mass is 207 g/mol. The average Bonchev–Trinajstić information content (AvgIpc) is 2.85. The smallest absolute Gasteiger partial charge is 0.0292 e. The van der Waals surface area contributed by atoms with E-state index in [1.165, 1.54) is 24.3 Å². The lowest BCUT2D eigenvalue weighted by atomic mass is 10.1. The van der Waals surface area contributed by atoms with Crippen LogP contribution in [0.3, 0.4) is 0 Å². The fraction of sp³-hybridized carbons (Fsp3) is 1.00. The molecule has 0 heterocycles. The van der Waals surface area contributed by atoms with Gasteiger partial charge in [0.05, 0.1) is 0 Å². The van der Waals surface area contributed by atoms with Gasteiger partial charge in [0.15, 0.2) is 0 Å². The molecule has 0 atom stereocenters. The Bertz CT molecular complexity index is 126. The highest BCUT2D eigenvalue weighted by atomic mass is 35.5. The largest absolute Gasteiger partial charge is 0.315 e. The first-order valence-corrected chi connectivity index (χ1v) is 6.36. The molecule has 0 aromatic heterocycles. The van der Waals surface area contributed by atoms with Gasteiger partial charge >= 0.3 is 0 Å². The van der Waals surface area contributed by atoms with Crippen molar-refractivity contribution in [2.24, 2.45) is 5.41 Å². The fourth-order valence-electron chi connectivity index (χ4n) is 1.18. The highest BCUT2D eigenvalue weighted by molar-refractivity contribution is 7.99. The second-order valence-corrected chi connectivity index (χ2v) is 5.17. The van der Waals surface area contributed by atoms with Crippen LogP contribution in [0.1, 0.15) is 19.8 Å². The predicted molar refractivity (Wildman–Crippen MR) is 58.3 cm³/mol. The van der Waals surface area contributed by atoms with Crippen molar-refractivity contribution in [1.82, 2.24) is 5.32 Å². The summed E-state index contributed by atoms with van der Waals surface area (Å²) in [6, 6.07) is 0. The van der Waals surface area contributed by atoms with E-state index in [0.29, 0.717) is 5.41 Å². The highest BCUT2D eigenvalue weighted by Crippen LogP contribution is 2.45. The molecule has 1 saturated carbocycles. The standard InChI is InChI=1S/C9H18ClNS/c1-2-12-6-5-11-8-9(7-10)3-4-9/h11H,2-8H2,1H3. The minimum Gasteiger partial charge on any atom is -0.315 e. The van der Waals surface area contributed by atoms with Crippen LogP contribution in [0.15, 0.2) is 0 Å². The molecule has 1 nitrogen and oxygen atoms in total. The third-order valence-corrected chi connectivity index (χ3v) is 3.84. The summed E-state index contributed by atoms with van der Waals surface area (Å²) in [4.78, 5) is 0. The Morgan fingerprint density at radius 3 is 2.75 bits per heavy atom. The minimum absolute atomic E-state index is 0.485. The van der Waals surface area contributed by atoms with Gasteiger partial charge in [-0.3, -0.25) is 0 Å². The molecule has 0 bridgehead atoms. The van der Waals surface area contributed by atoms with Crippen LogP contribution in [0, 0.1) is 5.41 Å². The van der Waals surface area contributed by atoms with Gasteiger partial charge in [0.2, 0.25) is 0 Å². The maximum atomic E-state index is 5.85. The van der Waals surface area contributed by atoms with Crippen molar-refractivity contribution in [2.75, 3.05) is 30.5 Å². The van der Waals surface area contributed by atoms with Gasteiger partial charge in [0, 0.05) is 24.7 Å². The summed E-state index contributed by atoms with van der Waals surface area (Å²) in [5, 5.41) is 3.47. The van der Waals surface area contributed by atoms with Crippen molar-refractivity contribution in [3.63, 3.8) is 0 Å². The second-order valence-electron chi connectivity index (χ2n) is 3.51. The van der Waals surface area contributed by atoms with Gasteiger partial charge in [-0.25, -0.2) is 0 Å². The molecule has 0 spiro atoms. The molecule has 0 unspecified atom stereocenters. The van der Waals surface area contributed by atoms with Crippen molar-refractivity contribution in [3.8, 4) is 0 Å².